The van der Waals surface area contributed by atoms with E-state index in [9.17, 15) is 4.79 Å². The molecule has 0 bridgehead atoms. The number of carbonyl (C=O) groups excluding carboxylic acids is 1. The van der Waals surface area contributed by atoms with Crippen LogP contribution in [-0.2, 0) is 11.3 Å². The summed E-state index contributed by atoms with van der Waals surface area (Å²) in [5, 5.41) is 3.04. The molecule has 0 fully saturated rings. The fourth-order valence-corrected chi connectivity index (χ4v) is 3.05. The Bertz CT molecular complexity index is 694. The molecule has 3 rings (SSSR count). The van der Waals surface area contributed by atoms with Crippen molar-refractivity contribution < 1.29 is 4.79 Å². The van der Waals surface area contributed by atoms with Crippen LogP contribution in [0.1, 0.15) is 24.5 Å². The molecular formula is C21H24N2O. The average molecular weight is 320 g/mol. The van der Waals surface area contributed by atoms with Gasteiger partial charge in [-0.1, -0.05) is 66.7 Å². The number of rotatable bonds is 5. The van der Waals surface area contributed by atoms with Crippen LogP contribution in [0.5, 0.6) is 0 Å². The maximum atomic E-state index is 12.4. The van der Waals surface area contributed by atoms with E-state index in [-0.39, 0.29) is 11.9 Å². The molecule has 0 saturated carbocycles. The van der Waals surface area contributed by atoms with Crippen LogP contribution < -0.4 is 5.32 Å². The molecule has 1 aliphatic rings. The maximum Gasteiger partial charge on any atom is 0.237 e. The van der Waals surface area contributed by atoms with Gasteiger partial charge >= 0.3 is 0 Å². The topological polar surface area (TPSA) is 32.3 Å². The molecule has 1 aliphatic heterocycles. The smallest absolute Gasteiger partial charge is 0.237 e. The second-order valence-electron chi connectivity index (χ2n) is 6.22. The molecule has 0 spiro atoms. The lowest BCUT2D eigenvalue weighted by atomic mass is 9.99. The SMILES string of the molecule is C[C@@H](C(=O)NCc1ccccc1)N1CC=C(c2ccccc2)CC1. The first kappa shape index (κ1) is 16.5. The summed E-state index contributed by atoms with van der Waals surface area (Å²) in [4.78, 5) is 14.6. The lowest BCUT2D eigenvalue weighted by Gasteiger charge is -2.31. The third-order valence-corrected chi connectivity index (χ3v) is 4.62. The van der Waals surface area contributed by atoms with Crippen molar-refractivity contribution in [2.24, 2.45) is 0 Å². The summed E-state index contributed by atoms with van der Waals surface area (Å²) in [6.07, 6.45) is 3.24. The highest BCUT2D eigenvalue weighted by Gasteiger charge is 2.23. The van der Waals surface area contributed by atoms with E-state index in [1.807, 2.05) is 43.3 Å². The lowest BCUT2D eigenvalue weighted by Crippen LogP contribution is -2.46. The Morgan fingerprint density at radius 1 is 1.08 bits per heavy atom. The summed E-state index contributed by atoms with van der Waals surface area (Å²) in [6.45, 7) is 4.31. The van der Waals surface area contributed by atoms with E-state index in [1.165, 1.54) is 11.1 Å². The fraction of sp³-hybridized carbons (Fsp3) is 0.286. The second-order valence-corrected chi connectivity index (χ2v) is 6.22. The molecule has 3 nitrogen and oxygen atoms in total. The van der Waals surface area contributed by atoms with E-state index in [4.69, 9.17) is 0 Å². The van der Waals surface area contributed by atoms with Gasteiger partial charge in [0.1, 0.15) is 0 Å². The van der Waals surface area contributed by atoms with Crippen LogP contribution in [0.3, 0.4) is 0 Å². The zero-order chi connectivity index (χ0) is 16.8. The number of amides is 1. The van der Waals surface area contributed by atoms with Crippen molar-refractivity contribution in [1.82, 2.24) is 10.2 Å². The number of benzene rings is 2. The van der Waals surface area contributed by atoms with Crippen molar-refractivity contribution >= 4 is 11.5 Å². The Hall–Kier alpha value is -2.39. The van der Waals surface area contributed by atoms with Crippen LogP contribution in [-0.4, -0.2) is 29.9 Å². The molecule has 2 aromatic carbocycles. The highest BCUT2D eigenvalue weighted by Crippen LogP contribution is 2.22. The summed E-state index contributed by atoms with van der Waals surface area (Å²) in [7, 11) is 0. The fourth-order valence-electron chi connectivity index (χ4n) is 3.05. The lowest BCUT2D eigenvalue weighted by molar-refractivity contribution is -0.125. The van der Waals surface area contributed by atoms with Gasteiger partial charge in [0.2, 0.25) is 5.91 Å². The molecule has 1 atom stereocenters. The number of hydrogen-bond acceptors (Lipinski definition) is 2. The van der Waals surface area contributed by atoms with Crippen LogP contribution in [0.2, 0.25) is 0 Å². The Morgan fingerprint density at radius 3 is 2.38 bits per heavy atom. The number of nitrogens with one attached hydrogen (secondary N) is 1. The monoisotopic (exact) mass is 320 g/mol. The van der Waals surface area contributed by atoms with Gasteiger partial charge in [-0.05, 0) is 30.0 Å². The highest BCUT2D eigenvalue weighted by atomic mass is 16.2. The molecule has 0 unspecified atom stereocenters. The van der Waals surface area contributed by atoms with Crippen LogP contribution in [0, 0.1) is 0 Å². The second kappa shape index (κ2) is 7.93. The first-order valence-corrected chi connectivity index (χ1v) is 8.54. The summed E-state index contributed by atoms with van der Waals surface area (Å²) in [6, 6.07) is 20.4. The van der Waals surface area contributed by atoms with Gasteiger partial charge in [-0.25, -0.2) is 0 Å². The van der Waals surface area contributed by atoms with Gasteiger partial charge < -0.3 is 5.32 Å². The Morgan fingerprint density at radius 2 is 1.75 bits per heavy atom. The molecule has 1 N–H and O–H groups in total. The van der Waals surface area contributed by atoms with E-state index in [2.05, 4.69) is 40.6 Å². The van der Waals surface area contributed by atoms with E-state index in [1.54, 1.807) is 0 Å². The van der Waals surface area contributed by atoms with E-state index < -0.39 is 0 Å². The third kappa shape index (κ3) is 4.12. The van der Waals surface area contributed by atoms with Gasteiger partial charge in [0.05, 0.1) is 6.04 Å². The molecule has 24 heavy (non-hydrogen) atoms. The molecule has 0 radical (unpaired) electrons. The average Bonchev–Trinajstić information content (AvgIpc) is 2.67. The van der Waals surface area contributed by atoms with Crippen molar-refractivity contribution in [3.05, 3.63) is 77.9 Å². The largest absolute Gasteiger partial charge is 0.351 e. The van der Waals surface area contributed by atoms with Crippen molar-refractivity contribution in [3.63, 3.8) is 0 Å². The van der Waals surface area contributed by atoms with Crippen molar-refractivity contribution in [2.45, 2.75) is 25.9 Å². The van der Waals surface area contributed by atoms with Gasteiger partial charge in [0.15, 0.2) is 0 Å². The molecule has 3 heteroatoms. The molecule has 0 saturated heterocycles. The van der Waals surface area contributed by atoms with Crippen molar-refractivity contribution in [1.29, 1.82) is 0 Å². The van der Waals surface area contributed by atoms with Gasteiger partial charge in [0.25, 0.3) is 0 Å². The minimum absolute atomic E-state index is 0.0930. The predicted octanol–water partition coefficient (Wildman–Crippen LogP) is 3.48. The minimum atomic E-state index is -0.109. The third-order valence-electron chi connectivity index (χ3n) is 4.62. The Labute approximate surface area is 144 Å². The predicted molar refractivity (Wildman–Crippen MR) is 98.4 cm³/mol. The molecule has 2 aromatic rings. The molecular weight excluding hydrogens is 296 g/mol. The molecule has 1 heterocycles. The van der Waals surface area contributed by atoms with Crippen LogP contribution in [0.4, 0.5) is 0 Å². The van der Waals surface area contributed by atoms with E-state index >= 15 is 0 Å². The van der Waals surface area contributed by atoms with E-state index in [0.29, 0.717) is 6.54 Å². The van der Waals surface area contributed by atoms with Crippen molar-refractivity contribution in [3.8, 4) is 0 Å². The minimum Gasteiger partial charge on any atom is -0.351 e. The number of nitrogens with zero attached hydrogens (tertiary/aromatic N) is 1. The Balaban J connectivity index is 1.53. The molecule has 1 amide bonds. The summed E-state index contributed by atoms with van der Waals surface area (Å²) in [5.74, 6) is 0.0930. The molecule has 124 valence electrons. The first-order valence-electron chi connectivity index (χ1n) is 8.54. The quantitative estimate of drug-likeness (QED) is 0.915. The Kier molecular flexibility index (Phi) is 5.44. The van der Waals surface area contributed by atoms with Gasteiger partial charge in [-0.2, -0.15) is 0 Å². The van der Waals surface area contributed by atoms with Crippen LogP contribution in [0.25, 0.3) is 5.57 Å². The van der Waals surface area contributed by atoms with Crippen LogP contribution in [0.15, 0.2) is 66.7 Å². The van der Waals surface area contributed by atoms with Crippen molar-refractivity contribution in [2.75, 3.05) is 13.1 Å². The highest BCUT2D eigenvalue weighted by molar-refractivity contribution is 5.81. The standard InChI is InChI=1S/C21H24N2O/c1-17(21(24)22-16-18-8-4-2-5-9-18)23-14-12-20(13-15-23)19-10-6-3-7-11-19/h2-12,17H,13-16H2,1H3,(H,22,24)/t17-/m0/s1. The van der Waals surface area contributed by atoms with Crippen LogP contribution >= 0.6 is 0 Å². The number of carbonyl (C=O) groups is 1. The normalized spacial score (nSPS) is 16.3. The van der Waals surface area contributed by atoms with Gasteiger partial charge in [-0.15, -0.1) is 0 Å². The summed E-state index contributed by atoms with van der Waals surface area (Å²) in [5.41, 5.74) is 3.80. The molecule has 0 aliphatic carbocycles. The summed E-state index contributed by atoms with van der Waals surface area (Å²) < 4.78 is 0. The zero-order valence-corrected chi connectivity index (χ0v) is 14.1. The summed E-state index contributed by atoms with van der Waals surface area (Å²) >= 11 is 0. The molecule has 0 aromatic heterocycles. The first-order chi connectivity index (χ1) is 11.7. The number of hydrogen-bond donors (Lipinski definition) is 1. The van der Waals surface area contributed by atoms with Gasteiger partial charge in [-0.3, -0.25) is 9.69 Å². The van der Waals surface area contributed by atoms with E-state index in [0.717, 1.165) is 25.1 Å². The maximum absolute atomic E-state index is 12.4. The zero-order valence-electron chi connectivity index (χ0n) is 14.1. The van der Waals surface area contributed by atoms with Gasteiger partial charge in [0, 0.05) is 19.6 Å².